The topological polar surface area (TPSA) is 192 Å². The Morgan fingerprint density at radius 2 is 1.95 bits per heavy atom. The molecule has 1 saturated heterocycles. The van der Waals surface area contributed by atoms with Gasteiger partial charge in [-0.15, -0.1) is 0 Å². The molecule has 2 aromatic carbocycles. The summed E-state index contributed by atoms with van der Waals surface area (Å²) in [5.41, 5.74) is 13.5. The molecule has 1 aromatic heterocycles. The summed E-state index contributed by atoms with van der Waals surface area (Å²) in [5.74, 6) is 12.5. The van der Waals surface area contributed by atoms with Crippen LogP contribution < -0.4 is 27.0 Å². The largest absolute Gasteiger partial charge is 0.361 e. The van der Waals surface area contributed by atoms with Crippen LogP contribution in [-0.2, 0) is 13.1 Å². The SMILES string of the molecule is [N-]=[N+]=NCc1ccc(N(N)C(=O)c2ccc(CN3CCN(C=N)CC3)cc2)cc1N(N)C1N=C(c2cccnc2)C=CN1. The van der Waals surface area contributed by atoms with Gasteiger partial charge in [0, 0.05) is 67.4 Å². The number of aliphatic imine (C=N–C) groups is 1. The number of nitrogens with two attached hydrogens (primary N) is 2. The number of hydrogen-bond donors (Lipinski definition) is 4. The molecular formula is C29H33N13O. The second kappa shape index (κ2) is 13.6. The van der Waals surface area contributed by atoms with E-state index < -0.39 is 6.29 Å². The van der Waals surface area contributed by atoms with E-state index in [1.165, 1.54) is 11.3 Å². The molecule has 6 N–H and O–H groups in total. The minimum absolute atomic E-state index is 0.0396. The molecule has 2 aliphatic rings. The Bertz CT molecular complexity index is 1540. The van der Waals surface area contributed by atoms with Crippen molar-refractivity contribution in [1.29, 1.82) is 5.41 Å². The van der Waals surface area contributed by atoms with Gasteiger partial charge in [-0.2, -0.15) is 0 Å². The molecule has 5 rings (SSSR count). The molecule has 14 heteroatoms. The summed E-state index contributed by atoms with van der Waals surface area (Å²) >= 11 is 0. The van der Waals surface area contributed by atoms with Crippen molar-refractivity contribution >= 4 is 29.3 Å². The van der Waals surface area contributed by atoms with Gasteiger partial charge in [0.15, 0.2) is 0 Å². The molecule has 2 aliphatic heterocycles. The van der Waals surface area contributed by atoms with E-state index in [4.69, 9.17) is 27.6 Å². The number of piperazine rings is 1. The third kappa shape index (κ3) is 6.97. The Hall–Kier alpha value is -5.27. The number of azide groups is 1. The van der Waals surface area contributed by atoms with Crippen molar-refractivity contribution in [3.05, 3.63) is 112 Å². The monoisotopic (exact) mass is 579 g/mol. The molecule has 1 atom stereocenters. The maximum atomic E-state index is 13.4. The van der Waals surface area contributed by atoms with Gasteiger partial charge in [-0.05, 0) is 59.1 Å². The van der Waals surface area contributed by atoms with Crippen LogP contribution in [0, 0.1) is 5.41 Å². The highest BCUT2D eigenvalue weighted by Gasteiger charge is 2.23. The van der Waals surface area contributed by atoms with Crippen molar-refractivity contribution in [2.24, 2.45) is 21.8 Å². The fraction of sp³-hybridized carbons (Fsp3) is 0.241. The molecule has 0 spiro atoms. The Kier molecular flexibility index (Phi) is 9.24. The summed E-state index contributed by atoms with van der Waals surface area (Å²) < 4.78 is 0. The van der Waals surface area contributed by atoms with Gasteiger partial charge in [0.1, 0.15) is 0 Å². The number of nitrogens with zero attached hydrogens (tertiary/aromatic N) is 9. The molecule has 0 bridgehead atoms. The highest BCUT2D eigenvalue weighted by molar-refractivity contribution is 6.09. The molecule has 1 unspecified atom stereocenters. The van der Waals surface area contributed by atoms with Gasteiger partial charge in [0.05, 0.1) is 30.0 Å². The van der Waals surface area contributed by atoms with E-state index in [2.05, 4.69) is 25.2 Å². The van der Waals surface area contributed by atoms with Crippen molar-refractivity contribution in [3.8, 4) is 0 Å². The van der Waals surface area contributed by atoms with Gasteiger partial charge in [0.25, 0.3) is 5.91 Å². The van der Waals surface area contributed by atoms with Gasteiger partial charge in [-0.1, -0.05) is 23.3 Å². The lowest BCUT2D eigenvalue weighted by atomic mass is 10.1. The average molecular weight is 580 g/mol. The zero-order valence-electron chi connectivity index (χ0n) is 23.5. The van der Waals surface area contributed by atoms with E-state index in [1.807, 2.05) is 35.2 Å². The fourth-order valence-corrected chi connectivity index (χ4v) is 4.89. The molecular weight excluding hydrogens is 546 g/mol. The lowest BCUT2D eigenvalue weighted by Crippen LogP contribution is -2.49. The summed E-state index contributed by atoms with van der Waals surface area (Å²) in [6.45, 7) is 4.23. The van der Waals surface area contributed by atoms with E-state index >= 15 is 0 Å². The number of amides is 1. The average Bonchev–Trinajstić information content (AvgIpc) is 3.07. The summed E-state index contributed by atoms with van der Waals surface area (Å²) in [6, 6.07) is 16.2. The number of pyridine rings is 1. The number of hydrogen-bond acceptors (Lipinski definition) is 10. The Labute approximate surface area is 249 Å². The normalized spacial score (nSPS) is 16.5. The van der Waals surface area contributed by atoms with Crippen LogP contribution in [0.25, 0.3) is 10.4 Å². The van der Waals surface area contributed by atoms with Crippen molar-refractivity contribution < 1.29 is 4.79 Å². The van der Waals surface area contributed by atoms with E-state index in [1.54, 1.807) is 48.9 Å². The predicted molar refractivity (Wildman–Crippen MR) is 166 cm³/mol. The molecule has 220 valence electrons. The summed E-state index contributed by atoms with van der Waals surface area (Å²) in [6.07, 6.45) is 7.66. The van der Waals surface area contributed by atoms with Gasteiger partial charge in [0.2, 0.25) is 6.29 Å². The number of benzene rings is 2. The maximum Gasteiger partial charge on any atom is 0.272 e. The third-order valence-corrected chi connectivity index (χ3v) is 7.31. The zero-order valence-corrected chi connectivity index (χ0v) is 23.5. The summed E-state index contributed by atoms with van der Waals surface area (Å²) in [5, 5.41) is 16.7. The Morgan fingerprint density at radius 3 is 2.65 bits per heavy atom. The van der Waals surface area contributed by atoms with Crippen molar-refractivity contribution in [2.45, 2.75) is 19.4 Å². The number of allylic oxidation sites excluding steroid dienone is 1. The second-order valence-electron chi connectivity index (χ2n) is 10.1. The molecule has 0 radical (unpaired) electrons. The number of hydrazine groups is 2. The third-order valence-electron chi connectivity index (χ3n) is 7.31. The number of carbonyl (C=O) groups excluding carboxylic acids is 1. The molecule has 0 saturated carbocycles. The molecule has 1 fully saturated rings. The smallest absolute Gasteiger partial charge is 0.272 e. The van der Waals surface area contributed by atoms with Crippen LogP contribution >= 0.6 is 0 Å². The first-order valence-corrected chi connectivity index (χ1v) is 13.7. The number of rotatable bonds is 10. The lowest BCUT2D eigenvalue weighted by Gasteiger charge is -2.33. The van der Waals surface area contributed by atoms with Crippen LogP contribution in [0.2, 0.25) is 0 Å². The van der Waals surface area contributed by atoms with Crippen molar-refractivity contribution in [1.82, 2.24) is 20.1 Å². The molecule has 3 heterocycles. The Morgan fingerprint density at radius 1 is 1.16 bits per heavy atom. The van der Waals surface area contributed by atoms with Gasteiger partial charge in [-0.25, -0.2) is 21.7 Å². The number of carbonyl (C=O) groups is 1. The van der Waals surface area contributed by atoms with Gasteiger partial charge in [-0.3, -0.25) is 25.1 Å². The van der Waals surface area contributed by atoms with Crippen LogP contribution in [0.4, 0.5) is 11.4 Å². The number of nitrogens with one attached hydrogen (secondary N) is 2. The first-order chi connectivity index (χ1) is 21.0. The summed E-state index contributed by atoms with van der Waals surface area (Å²) in [4.78, 5) is 29.4. The predicted octanol–water partition coefficient (Wildman–Crippen LogP) is 2.71. The number of anilines is 2. The van der Waals surface area contributed by atoms with Crippen LogP contribution in [0.3, 0.4) is 0 Å². The highest BCUT2D eigenvalue weighted by atomic mass is 16.2. The maximum absolute atomic E-state index is 13.4. The molecule has 0 aliphatic carbocycles. The van der Waals surface area contributed by atoms with Gasteiger partial charge >= 0.3 is 0 Å². The lowest BCUT2D eigenvalue weighted by molar-refractivity contribution is 0.0987. The Balaban J connectivity index is 1.33. The first kappa shape index (κ1) is 29.2. The summed E-state index contributed by atoms with van der Waals surface area (Å²) in [7, 11) is 0. The van der Waals surface area contributed by atoms with Crippen molar-refractivity contribution in [2.75, 3.05) is 36.2 Å². The van der Waals surface area contributed by atoms with E-state index in [0.29, 0.717) is 28.2 Å². The standard InChI is InChI=1S/C29H33N13O/c30-20-40-14-12-39(13-15-40)19-21-3-5-22(6-4-21)28(43)41(32)25-8-7-24(18-36-38-31)27(16-25)42(33)29-35-11-9-26(37-29)23-2-1-10-34-17-23/h1-11,16-17,20,29-30,35H,12-15,18-19,32-33H2. The van der Waals surface area contributed by atoms with Gasteiger partial charge < -0.3 is 10.2 Å². The van der Waals surface area contributed by atoms with Crippen LogP contribution in [-0.4, -0.2) is 65.2 Å². The molecule has 3 aromatic rings. The van der Waals surface area contributed by atoms with Crippen LogP contribution in [0.5, 0.6) is 0 Å². The first-order valence-electron chi connectivity index (χ1n) is 13.7. The molecule has 43 heavy (non-hydrogen) atoms. The number of aromatic nitrogens is 1. The van der Waals surface area contributed by atoms with Crippen LogP contribution in [0.1, 0.15) is 27.0 Å². The quantitative estimate of drug-likeness (QED) is 0.0411. The molecule has 1 amide bonds. The van der Waals surface area contributed by atoms with Crippen molar-refractivity contribution in [3.63, 3.8) is 0 Å². The highest BCUT2D eigenvalue weighted by Crippen LogP contribution is 2.28. The fourth-order valence-electron chi connectivity index (χ4n) is 4.89. The minimum atomic E-state index is -0.692. The zero-order chi connectivity index (χ0) is 30.2. The van der Waals surface area contributed by atoms with E-state index in [0.717, 1.165) is 48.9 Å². The molecule has 14 nitrogen and oxygen atoms in total. The van der Waals surface area contributed by atoms with E-state index in [9.17, 15) is 4.79 Å². The minimum Gasteiger partial charge on any atom is -0.361 e. The second-order valence-corrected chi connectivity index (χ2v) is 10.1. The van der Waals surface area contributed by atoms with E-state index in [-0.39, 0.29) is 12.5 Å². The van der Waals surface area contributed by atoms with Crippen LogP contribution in [0.15, 0.2) is 89.4 Å².